The van der Waals surface area contributed by atoms with Crippen LogP contribution in [0.4, 0.5) is 17.3 Å². The van der Waals surface area contributed by atoms with Gasteiger partial charge in [-0.15, -0.1) is 0 Å². The molecule has 0 heterocycles. The van der Waals surface area contributed by atoms with Crippen molar-refractivity contribution in [1.29, 1.82) is 0 Å². The van der Waals surface area contributed by atoms with E-state index in [2.05, 4.69) is 41.5 Å². The summed E-state index contributed by atoms with van der Waals surface area (Å²) in [5.41, 5.74) is 0. The first-order valence-corrected chi connectivity index (χ1v) is 7.21. The molecule has 0 aliphatic heterocycles. The third-order valence-corrected chi connectivity index (χ3v) is 7.26. The van der Waals surface area contributed by atoms with Gasteiger partial charge >= 0.3 is 7.25 Å². The summed E-state index contributed by atoms with van der Waals surface area (Å²) >= 11 is 0. The predicted molar refractivity (Wildman–Crippen MR) is 65.1 cm³/mol. The van der Waals surface area contributed by atoms with E-state index in [1.807, 2.05) is 0 Å². The van der Waals surface area contributed by atoms with E-state index in [9.17, 15) is 21.5 Å². The molecular weight excluding hydrogens is 243 g/mol. The number of halogens is 4. The van der Waals surface area contributed by atoms with Gasteiger partial charge in [0.2, 0.25) is 0 Å². The lowest BCUT2D eigenvalue weighted by Gasteiger charge is -2.35. The lowest BCUT2D eigenvalue weighted by atomic mass is 10.3. The molecule has 0 aromatic heterocycles. The van der Waals surface area contributed by atoms with E-state index in [1.165, 1.54) is 0 Å². The number of hydrogen-bond donors (Lipinski definition) is 1. The molecule has 7 heteroatoms. The van der Waals surface area contributed by atoms with Crippen molar-refractivity contribution in [2.24, 2.45) is 0 Å². The minimum atomic E-state index is -6.00. The highest BCUT2D eigenvalue weighted by atomic mass is 32.2. The van der Waals surface area contributed by atoms with Crippen LogP contribution in [0.1, 0.15) is 41.5 Å². The van der Waals surface area contributed by atoms with Crippen molar-refractivity contribution in [2.75, 3.05) is 0 Å². The molecule has 0 amide bonds. The van der Waals surface area contributed by atoms with Gasteiger partial charge in [-0.25, -0.2) is 0 Å². The monoisotopic (exact) mass is 265 g/mol. The summed E-state index contributed by atoms with van der Waals surface area (Å²) in [5.74, 6) is 0. The first-order chi connectivity index (χ1) is 6.83. The molecule has 102 valence electrons. The van der Waals surface area contributed by atoms with Gasteiger partial charge in [0.15, 0.2) is 0 Å². The van der Waals surface area contributed by atoms with Crippen molar-refractivity contribution < 1.29 is 21.5 Å². The van der Waals surface area contributed by atoms with Gasteiger partial charge < -0.3 is 17.3 Å². The van der Waals surface area contributed by atoms with E-state index >= 15 is 0 Å². The van der Waals surface area contributed by atoms with Crippen LogP contribution in [0, 0.1) is 0 Å². The molecule has 0 saturated heterocycles. The third kappa shape index (κ3) is 7.25. The van der Waals surface area contributed by atoms with Gasteiger partial charge in [-0.05, 0) is 0 Å². The van der Waals surface area contributed by atoms with Crippen LogP contribution in [0.2, 0.25) is 0 Å². The Morgan fingerprint density at radius 2 is 0.875 bits per heavy atom. The highest BCUT2D eigenvalue weighted by molar-refractivity contribution is 8.04. The van der Waals surface area contributed by atoms with Crippen molar-refractivity contribution in [3.05, 3.63) is 0 Å². The molecule has 0 radical (unpaired) electrons. The molecule has 0 spiro atoms. The molecule has 0 aromatic carbocycles. The van der Waals surface area contributed by atoms with Crippen LogP contribution < -0.4 is 0 Å². The maximum absolute atomic E-state index is 12.3. The third-order valence-electron chi connectivity index (χ3n) is 2.42. The molecule has 0 rings (SSSR count). The van der Waals surface area contributed by atoms with E-state index in [4.69, 9.17) is 0 Å². The van der Waals surface area contributed by atoms with Crippen molar-refractivity contribution in [3.8, 4) is 0 Å². The van der Waals surface area contributed by atoms with Crippen molar-refractivity contribution in [1.82, 2.24) is 0 Å². The van der Waals surface area contributed by atoms with Gasteiger partial charge in [-0.1, -0.05) is 51.5 Å². The second-order valence-electron chi connectivity index (χ2n) is 4.54. The summed E-state index contributed by atoms with van der Waals surface area (Å²) < 4.78 is 51.3. The van der Waals surface area contributed by atoms with Crippen LogP contribution in [0.25, 0.3) is 0 Å². The Morgan fingerprint density at radius 1 is 0.750 bits per heavy atom. The first kappa shape index (κ1) is 18.3. The summed E-state index contributed by atoms with van der Waals surface area (Å²) in [4.78, 5) is 0. The van der Waals surface area contributed by atoms with Crippen LogP contribution in [0.3, 0.4) is 0 Å². The smallest absolute Gasteiger partial charge is 0.418 e. The Morgan fingerprint density at radius 3 is 0.875 bits per heavy atom. The molecule has 0 aliphatic carbocycles. The summed E-state index contributed by atoms with van der Waals surface area (Å²) in [5, 5.41) is 1.01. The summed E-state index contributed by atoms with van der Waals surface area (Å²) in [6.45, 7) is 12.4. The van der Waals surface area contributed by atoms with Gasteiger partial charge in [0.05, 0.1) is 0 Å². The molecule has 0 unspecified atom stereocenters. The summed E-state index contributed by atoms with van der Waals surface area (Å²) in [6, 6.07) is 0. The minimum Gasteiger partial charge on any atom is -0.418 e. The topological polar surface area (TPSA) is 17.1 Å². The molecule has 0 aliphatic rings. The molecule has 16 heavy (non-hydrogen) atoms. The number of thiol groups is 1. The lowest BCUT2D eigenvalue weighted by Crippen LogP contribution is -2.39. The quantitative estimate of drug-likeness (QED) is 0.469. The maximum Gasteiger partial charge on any atom is 0.673 e. The Kier molecular flexibility index (Phi) is 7.57. The Balaban J connectivity index is 0. The SMILES string of the molecule is CC(C)[SH](=O)(C(C)C)C(C)C.F[B-](F)(F)F. The maximum atomic E-state index is 12.3. The van der Waals surface area contributed by atoms with Gasteiger partial charge in [0.1, 0.15) is 0 Å². The molecule has 0 saturated carbocycles. The average Bonchev–Trinajstić information content (AvgIpc) is 1.98. The second-order valence-corrected chi connectivity index (χ2v) is 9.16. The first-order valence-electron chi connectivity index (χ1n) is 5.29. The zero-order valence-electron chi connectivity index (χ0n) is 10.7. The molecule has 0 atom stereocenters. The fraction of sp³-hybridized carbons (Fsp3) is 1.00. The second kappa shape index (κ2) is 6.62. The molecule has 0 N–H and O–H groups in total. The molecule has 0 bridgehead atoms. The summed E-state index contributed by atoms with van der Waals surface area (Å²) in [7, 11) is -7.94. The van der Waals surface area contributed by atoms with Gasteiger partial charge in [-0.2, -0.15) is 0 Å². The van der Waals surface area contributed by atoms with E-state index in [0.29, 0.717) is 15.7 Å². The number of rotatable bonds is 3. The van der Waals surface area contributed by atoms with E-state index in [0.717, 1.165) is 0 Å². The number of hydrogen-bond acceptors (Lipinski definition) is 1. The molecular formula is C9H22BF4OS-. The van der Waals surface area contributed by atoms with Gasteiger partial charge in [0.25, 0.3) is 0 Å². The average molecular weight is 265 g/mol. The van der Waals surface area contributed by atoms with E-state index in [1.54, 1.807) is 0 Å². The van der Waals surface area contributed by atoms with E-state index < -0.39 is 17.2 Å². The minimum absolute atomic E-state index is 0.336. The Bertz CT molecular complexity index is 204. The van der Waals surface area contributed by atoms with Crippen LogP contribution in [0.15, 0.2) is 0 Å². The van der Waals surface area contributed by atoms with E-state index in [-0.39, 0.29) is 0 Å². The van der Waals surface area contributed by atoms with Crippen LogP contribution in [-0.4, -0.2) is 27.2 Å². The fourth-order valence-corrected chi connectivity index (χ4v) is 5.37. The van der Waals surface area contributed by atoms with Crippen LogP contribution >= 0.6 is 0 Å². The van der Waals surface area contributed by atoms with Gasteiger partial charge in [-0.3, -0.25) is 4.21 Å². The molecule has 1 nitrogen and oxygen atoms in total. The zero-order chi connectivity index (χ0) is 13.7. The standard InChI is InChI=1S/C9H22OS.BF4/c1-7(2)11(10,8(3)4)9(5)6;2-1(3,4)5/h7-9,11H,1-6H3;/q;-1. The van der Waals surface area contributed by atoms with Crippen molar-refractivity contribution >= 4 is 17.2 Å². The largest absolute Gasteiger partial charge is 0.673 e. The lowest BCUT2D eigenvalue weighted by molar-refractivity contribution is 0.368. The fourth-order valence-electron chi connectivity index (χ4n) is 1.79. The highest BCUT2D eigenvalue weighted by Gasteiger charge is 2.27. The van der Waals surface area contributed by atoms with Crippen molar-refractivity contribution in [2.45, 2.75) is 57.3 Å². The Labute approximate surface area is 96.5 Å². The van der Waals surface area contributed by atoms with Gasteiger partial charge in [0, 0.05) is 15.7 Å². The van der Waals surface area contributed by atoms with Crippen LogP contribution in [-0.2, 0) is 9.93 Å². The zero-order valence-corrected chi connectivity index (χ0v) is 11.6. The normalized spacial score (nSPS) is 14.1. The molecule has 0 aromatic rings. The van der Waals surface area contributed by atoms with Crippen LogP contribution in [0.5, 0.6) is 0 Å². The summed E-state index contributed by atoms with van der Waals surface area (Å²) in [6.07, 6.45) is 0. The Hall–Kier alpha value is -0.0651. The predicted octanol–water partition coefficient (Wildman–Crippen LogP) is 3.53. The van der Waals surface area contributed by atoms with Crippen molar-refractivity contribution in [3.63, 3.8) is 0 Å². The molecule has 0 fully saturated rings. The highest BCUT2D eigenvalue weighted by Crippen LogP contribution is 2.23.